The number of nitrogens with zero attached hydrogens (tertiary/aromatic N) is 4. The largest absolute Gasteiger partial charge is 0.858 e. The summed E-state index contributed by atoms with van der Waals surface area (Å²) >= 11 is 0. The number of para-hydroxylation sites is 1. The Morgan fingerprint density at radius 1 is 0.946 bits per heavy atom. The molecule has 2 aromatic heterocycles. The lowest BCUT2D eigenvalue weighted by Gasteiger charge is -2.16. The Bertz CT molecular complexity index is 1520. The smallest absolute Gasteiger partial charge is 0.331 e. The second-order valence-electron chi connectivity index (χ2n) is 8.78. The van der Waals surface area contributed by atoms with Crippen molar-refractivity contribution in [3.05, 3.63) is 95.9 Å². The zero-order chi connectivity index (χ0) is 26.1. The number of imide groups is 1. The quantitative estimate of drug-likeness (QED) is 0.290. The van der Waals surface area contributed by atoms with Crippen molar-refractivity contribution in [2.75, 3.05) is 12.0 Å². The van der Waals surface area contributed by atoms with Crippen molar-refractivity contribution in [3.8, 4) is 17.3 Å². The predicted molar refractivity (Wildman–Crippen MR) is 137 cm³/mol. The summed E-state index contributed by atoms with van der Waals surface area (Å²) in [6.07, 6.45) is 4.66. The molecule has 4 aromatic rings. The van der Waals surface area contributed by atoms with Gasteiger partial charge in [0.2, 0.25) is 0 Å². The zero-order valence-corrected chi connectivity index (χ0v) is 20.8. The van der Waals surface area contributed by atoms with E-state index >= 15 is 0 Å². The highest BCUT2D eigenvalue weighted by Crippen LogP contribution is 2.39. The fourth-order valence-electron chi connectivity index (χ4n) is 4.53. The van der Waals surface area contributed by atoms with Crippen LogP contribution >= 0.6 is 0 Å². The zero-order valence-electron chi connectivity index (χ0n) is 20.8. The summed E-state index contributed by atoms with van der Waals surface area (Å²) in [7, 11) is 1.54. The van der Waals surface area contributed by atoms with Gasteiger partial charge in [0, 0.05) is 17.2 Å². The van der Waals surface area contributed by atoms with Gasteiger partial charge >= 0.3 is 5.91 Å². The molecular weight excluding hydrogens is 468 g/mol. The fourth-order valence-corrected chi connectivity index (χ4v) is 4.53. The maximum atomic E-state index is 14.0. The lowest BCUT2D eigenvalue weighted by molar-refractivity contribution is -0.577. The first kappa shape index (κ1) is 24.0. The minimum Gasteiger partial charge on any atom is -0.858 e. The van der Waals surface area contributed by atoms with Gasteiger partial charge in [0.05, 0.1) is 24.2 Å². The summed E-state index contributed by atoms with van der Waals surface area (Å²) in [5, 5.41) is 18.4. The van der Waals surface area contributed by atoms with Gasteiger partial charge in [0.25, 0.3) is 11.6 Å². The maximum Gasteiger partial charge on any atom is 0.331 e. The molecule has 0 bridgehead atoms. The van der Waals surface area contributed by atoms with E-state index in [1.807, 2.05) is 38.1 Å². The molecule has 0 N–H and O–H groups in total. The first-order valence-corrected chi connectivity index (χ1v) is 12.0. The van der Waals surface area contributed by atoms with Crippen LogP contribution in [0.25, 0.3) is 17.0 Å². The molecule has 0 radical (unpaired) electrons. The standard InChI is InChI=1S/C29H26N4O4/c1-4-9-23-24(28(35)33(30-23)21-11-6-5-7-12-21)25-26(31-17-8-10-19(2)18-31)29(36)32(27(25)34)20-13-15-22(37-3)16-14-20/h5-8,10-18H,4,9H2,1-3H3. The van der Waals surface area contributed by atoms with Crippen molar-refractivity contribution in [1.29, 1.82) is 0 Å². The number of aryl methyl sites for hydroxylation is 2. The lowest BCUT2D eigenvalue weighted by atomic mass is 10.0. The summed E-state index contributed by atoms with van der Waals surface area (Å²) in [5.74, 6) is -0.926. The monoisotopic (exact) mass is 494 g/mol. The summed E-state index contributed by atoms with van der Waals surface area (Å²) in [4.78, 5) is 29.0. The van der Waals surface area contributed by atoms with Gasteiger partial charge in [0.15, 0.2) is 12.4 Å². The van der Waals surface area contributed by atoms with Crippen molar-refractivity contribution in [1.82, 2.24) is 9.78 Å². The van der Waals surface area contributed by atoms with E-state index in [2.05, 4.69) is 5.10 Å². The highest BCUT2D eigenvalue weighted by molar-refractivity contribution is 6.53. The van der Waals surface area contributed by atoms with Crippen LogP contribution in [0.5, 0.6) is 11.6 Å². The van der Waals surface area contributed by atoms with Crippen LogP contribution in [0.3, 0.4) is 0 Å². The van der Waals surface area contributed by atoms with E-state index in [9.17, 15) is 14.7 Å². The number of methoxy groups -OCH3 is 1. The number of hydrogen-bond acceptors (Lipinski definition) is 5. The average Bonchev–Trinajstić information content (AvgIpc) is 3.36. The number of amides is 2. The van der Waals surface area contributed by atoms with E-state index in [4.69, 9.17) is 4.74 Å². The molecule has 0 atom stereocenters. The van der Waals surface area contributed by atoms with Gasteiger partial charge < -0.3 is 9.84 Å². The highest BCUT2D eigenvalue weighted by atomic mass is 16.5. The molecule has 0 saturated carbocycles. The van der Waals surface area contributed by atoms with Gasteiger partial charge in [-0.3, -0.25) is 9.59 Å². The van der Waals surface area contributed by atoms with Gasteiger partial charge in [-0.2, -0.15) is 9.67 Å². The highest BCUT2D eigenvalue weighted by Gasteiger charge is 2.47. The molecule has 2 aromatic carbocycles. The first-order valence-electron chi connectivity index (χ1n) is 12.0. The summed E-state index contributed by atoms with van der Waals surface area (Å²) in [6, 6.07) is 19.4. The Hall–Kier alpha value is -4.72. The van der Waals surface area contributed by atoms with E-state index in [0.717, 1.165) is 10.5 Å². The molecule has 186 valence electrons. The molecule has 0 unspecified atom stereocenters. The second-order valence-corrected chi connectivity index (χ2v) is 8.78. The molecular formula is C29H26N4O4. The maximum absolute atomic E-state index is 14.0. The van der Waals surface area contributed by atoms with Gasteiger partial charge in [-0.1, -0.05) is 31.5 Å². The Labute approximate surface area is 214 Å². The van der Waals surface area contributed by atoms with Gasteiger partial charge in [-0.05, 0) is 61.7 Å². The molecule has 0 aliphatic carbocycles. The first-order chi connectivity index (χ1) is 17.9. The summed E-state index contributed by atoms with van der Waals surface area (Å²) < 4.78 is 8.15. The van der Waals surface area contributed by atoms with Crippen LogP contribution in [0.15, 0.2) is 79.1 Å². The van der Waals surface area contributed by atoms with Crippen molar-refractivity contribution in [3.63, 3.8) is 0 Å². The predicted octanol–water partition coefficient (Wildman–Crippen LogP) is 3.44. The molecule has 0 fully saturated rings. The molecule has 3 heterocycles. The molecule has 2 amide bonds. The lowest BCUT2D eigenvalue weighted by Crippen LogP contribution is -2.39. The average molecular weight is 495 g/mol. The van der Waals surface area contributed by atoms with Crippen molar-refractivity contribution in [2.45, 2.75) is 26.7 Å². The van der Waals surface area contributed by atoms with Crippen LogP contribution in [-0.2, 0) is 16.0 Å². The van der Waals surface area contributed by atoms with Crippen molar-refractivity contribution >= 4 is 28.8 Å². The SMILES string of the molecule is CCCc1nn(-c2ccccc2)c([O-])c1C1=C([n+]2cccc(C)c2)C(=O)N(c2ccc(OC)cc2)C1=O. The van der Waals surface area contributed by atoms with E-state index in [-0.39, 0.29) is 16.8 Å². The number of carbonyl (C=O) groups excluding carboxylic acids is 2. The van der Waals surface area contributed by atoms with Crippen LogP contribution in [0.2, 0.25) is 0 Å². The summed E-state index contributed by atoms with van der Waals surface area (Å²) in [6.45, 7) is 3.87. The van der Waals surface area contributed by atoms with Crippen molar-refractivity contribution in [2.24, 2.45) is 0 Å². The van der Waals surface area contributed by atoms with Crippen molar-refractivity contribution < 1.29 is 24.0 Å². The Kier molecular flexibility index (Phi) is 6.31. The molecule has 1 aliphatic rings. The molecule has 8 nitrogen and oxygen atoms in total. The number of pyridine rings is 1. The van der Waals surface area contributed by atoms with Crippen LogP contribution in [0.4, 0.5) is 5.69 Å². The van der Waals surface area contributed by atoms with Crippen LogP contribution in [0.1, 0.15) is 30.2 Å². The van der Waals surface area contributed by atoms with E-state index < -0.39 is 17.7 Å². The third-order valence-electron chi connectivity index (χ3n) is 6.25. The van der Waals surface area contributed by atoms with Crippen LogP contribution < -0.4 is 19.3 Å². The van der Waals surface area contributed by atoms with Crippen LogP contribution in [-0.4, -0.2) is 28.7 Å². The topological polar surface area (TPSA) is 91.4 Å². The molecule has 8 heteroatoms. The Balaban J connectivity index is 1.76. The number of carbonyl (C=O) groups is 2. The number of aromatic nitrogens is 3. The molecule has 0 spiro atoms. The number of ether oxygens (including phenoxy) is 1. The number of benzene rings is 2. The third kappa shape index (κ3) is 4.16. The molecule has 1 aliphatic heterocycles. The Morgan fingerprint density at radius 2 is 1.68 bits per heavy atom. The van der Waals surface area contributed by atoms with E-state index in [0.29, 0.717) is 35.7 Å². The van der Waals surface area contributed by atoms with Gasteiger partial charge in [-0.25, -0.2) is 9.58 Å². The minimum absolute atomic E-state index is 0.0482. The molecule has 0 saturated heterocycles. The Morgan fingerprint density at radius 3 is 2.32 bits per heavy atom. The number of rotatable bonds is 7. The normalized spacial score (nSPS) is 13.5. The van der Waals surface area contributed by atoms with Gasteiger partial charge in [-0.15, -0.1) is 0 Å². The third-order valence-corrected chi connectivity index (χ3v) is 6.25. The van der Waals surface area contributed by atoms with E-state index in [1.54, 1.807) is 66.5 Å². The summed E-state index contributed by atoms with van der Waals surface area (Å²) in [5.41, 5.74) is 2.67. The fraction of sp³-hybridized carbons (Fsp3) is 0.172. The number of anilines is 1. The van der Waals surface area contributed by atoms with Crippen LogP contribution in [0, 0.1) is 6.92 Å². The van der Waals surface area contributed by atoms with Gasteiger partial charge in [0.1, 0.15) is 11.3 Å². The second kappa shape index (κ2) is 9.73. The number of hydrogen-bond donors (Lipinski definition) is 0. The molecule has 37 heavy (non-hydrogen) atoms. The van der Waals surface area contributed by atoms with E-state index in [1.165, 1.54) is 4.68 Å². The minimum atomic E-state index is -0.568. The molecule has 5 rings (SSSR count).